The molecule has 2 aliphatic rings. The smallest absolute Gasteiger partial charge is 0.255 e. The van der Waals surface area contributed by atoms with Crippen LogP contribution < -0.4 is 20.1 Å². The van der Waals surface area contributed by atoms with E-state index in [1.807, 2.05) is 54.6 Å². The molecule has 7 rings (SSSR count). The van der Waals surface area contributed by atoms with Crippen LogP contribution in [0.4, 0.5) is 5.69 Å². The summed E-state index contributed by atoms with van der Waals surface area (Å²) in [5, 5.41) is 16.7. The summed E-state index contributed by atoms with van der Waals surface area (Å²) in [7, 11) is 0. The minimum absolute atomic E-state index is 0. The number of nitrogens with one attached hydrogen (secondary N) is 2. The van der Waals surface area contributed by atoms with E-state index in [2.05, 4.69) is 38.7 Å². The van der Waals surface area contributed by atoms with Crippen LogP contribution in [0.15, 0.2) is 89.4 Å². The van der Waals surface area contributed by atoms with Crippen molar-refractivity contribution in [2.75, 3.05) is 44.9 Å². The van der Waals surface area contributed by atoms with E-state index in [1.165, 1.54) is 0 Å². The third kappa shape index (κ3) is 10.7. The number of hydrogen-bond acceptors (Lipinski definition) is 10. The van der Waals surface area contributed by atoms with E-state index in [1.54, 1.807) is 34.4 Å². The number of fused-ring (bicyclic) bond motifs is 2. The van der Waals surface area contributed by atoms with Crippen molar-refractivity contribution in [3.8, 4) is 33.4 Å². The van der Waals surface area contributed by atoms with Gasteiger partial charge in [-0.1, -0.05) is 35.5 Å². The van der Waals surface area contributed by atoms with Crippen LogP contribution in [0.5, 0.6) is 23.0 Å². The normalized spacial score (nSPS) is 15.0. The monoisotopic (exact) mass is 857 g/mol. The van der Waals surface area contributed by atoms with E-state index in [0.29, 0.717) is 57.3 Å². The molecule has 3 heterocycles. The first-order chi connectivity index (χ1) is 27.3. The quantitative estimate of drug-likeness (QED) is 0.0549. The first-order valence-electron chi connectivity index (χ1n) is 18.9. The van der Waals surface area contributed by atoms with Crippen LogP contribution in [0.25, 0.3) is 20.5 Å². The fourth-order valence-electron chi connectivity index (χ4n) is 6.73. The van der Waals surface area contributed by atoms with Crippen LogP contribution in [-0.2, 0) is 25.6 Å². The number of carbonyl (C=O) groups excluding carboxylic acids is 3. The Morgan fingerprint density at radius 3 is 2.32 bits per heavy atom. The molecule has 1 saturated heterocycles. The molecular formula is C44H48BrN3O8S. The van der Waals surface area contributed by atoms with Gasteiger partial charge in [-0.25, -0.2) is 0 Å². The van der Waals surface area contributed by atoms with Gasteiger partial charge in [-0.3, -0.25) is 19.7 Å². The van der Waals surface area contributed by atoms with Gasteiger partial charge in [0.25, 0.3) is 5.91 Å². The number of nitrogens with zero attached hydrogens (tertiary/aromatic N) is 1. The molecule has 5 aromatic rings. The van der Waals surface area contributed by atoms with Crippen LogP contribution in [-0.4, -0.2) is 73.3 Å². The number of aromatic hydroxyl groups is 1. The Labute approximate surface area is 345 Å². The number of anilines is 1. The highest BCUT2D eigenvalue weighted by atomic mass is 79.9. The van der Waals surface area contributed by atoms with Crippen LogP contribution >= 0.6 is 27.3 Å². The van der Waals surface area contributed by atoms with E-state index in [4.69, 9.17) is 18.9 Å². The summed E-state index contributed by atoms with van der Waals surface area (Å²) in [6.07, 6.45) is 4.04. The van der Waals surface area contributed by atoms with Gasteiger partial charge < -0.3 is 34.3 Å². The lowest BCUT2D eigenvalue weighted by atomic mass is 10.0. The lowest BCUT2D eigenvalue weighted by Crippen LogP contribution is -2.52. The summed E-state index contributed by atoms with van der Waals surface area (Å²) >= 11 is 5.10. The van der Waals surface area contributed by atoms with Gasteiger partial charge in [0.05, 0.1) is 11.5 Å². The lowest BCUT2D eigenvalue weighted by molar-refractivity contribution is -0.136. The number of rotatable bonds is 19. The summed E-state index contributed by atoms with van der Waals surface area (Å²) in [5.74, 6) is 1.61. The molecule has 1 aromatic heterocycles. The highest BCUT2D eigenvalue weighted by molar-refractivity contribution is 9.10. The predicted molar refractivity (Wildman–Crippen MR) is 226 cm³/mol. The van der Waals surface area contributed by atoms with Gasteiger partial charge in [-0.2, -0.15) is 0 Å². The molecule has 0 radical (unpaired) electrons. The van der Waals surface area contributed by atoms with Gasteiger partial charge in [-0.15, -0.1) is 11.3 Å². The number of phenolic OH excluding ortho intramolecular Hbond substituents is 1. The SMILES string of the molecule is C.O=C1CCC(N2Cc3cc(NCCCOCCCOCCCCOc4ccc(Oc5c(-c6ccc(Br)cc6)sc6cc(O)ccc56)cc4)ccc3C2=O)C(=O)N1. The van der Waals surface area contributed by atoms with Gasteiger partial charge >= 0.3 is 0 Å². The van der Waals surface area contributed by atoms with Crippen molar-refractivity contribution in [1.82, 2.24) is 10.2 Å². The van der Waals surface area contributed by atoms with Crippen molar-refractivity contribution in [2.45, 2.75) is 58.5 Å². The van der Waals surface area contributed by atoms with Crippen LogP contribution in [0.1, 0.15) is 61.9 Å². The molecule has 1 atom stereocenters. The Hall–Kier alpha value is -4.95. The van der Waals surface area contributed by atoms with E-state index in [-0.39, 0.29) is 31.4 Å². The number of unbranched alkanes of at least 4 members (excludes halogenated alkanes) is 1. The molecule has 4 aromatic carbocycles. The number of imide groups is 1. The van der Waals surface area contributed by atoms with Crippen molar-refractivity contribution in [1.29, 1.82) is 0 Å². The fourth-order valence-corrected chi connectivity index (χ4v) is 8.16. The molecule has 11 nitrogen and oxygen atoms in total. The largest absolute Gasteiger partial charge is 0.508 e. The van der Waals surface area contributed by atoms with Gasteiger partial charge in [0.15, 0.2) is 5.75 Å². The number of piperidine rings is 1. The van der Waals surface area contributed by atoms with E-state index in [9.17, 15) is 19.5 Å². The zero-order chi connectivity index (χ0) is 38.9. The number of benzene rings is 4. The first-order valence-corrected chi connectivity index (χ1v) is 20.5. The minimum Gasteiger partial charge on any atom is -0.508 e. The number of thiophene rings is 1. The number of amides is 3. The van der Waals surface area contributed by atoms with Gasteiger partial charge in [-0.05, 0) is 116 Å². The maximum absolute atomic E-state index is 12.9. The predicted octanol–water partition coefficient (Wildman–Crippen LogP) is 9.31. The maximum atomic E-state index is 12.9. The second-order valence-electron chi connectivity index (χ2n) is 13.7. The van der Waals surface area contributed by atoms with Crippen LogP contribution in [0.2, 0.25) is 0 Å². The molecule has 300 valence electrons. The van der Waals surface area contributed by atoms with Crippen molar-refractivity contribution in [3.05, 3.63) is 101 Å². The van der Waals surface area contributed by atoms with E-state index < -0.39 is 11.9 Å². The van der Waals surface area contributed by atoms with Crippen molar-refractivity contribution in [2.24, 2.45) is 0 Å². The molecule has 0 saturated carbocycles. The zero-order valence-corrected chi connectivity index (χ0v) is 33.3. The summed E-state index contributed by atoms with van der Waals surface area (Å²) < 4.78 is 25.9. The average Bonchev–Trinajstić information content (AvgIpc) is 3.71. The summed E-state index contributed by atoms with van der Waals surface area (Å²) in [6, 6.07) is 26.1. The Kier molecular flexibility index (Phi) is 14.6. The molecule has 0 spiro atoms. The molecular weight excluding hydrogens is 810 g/mol. The maximum Gasteiger partial charge on any atom is 0.255 e. The fraction of sp³-hybridized carbons (Fsp3) is 0.341. The van der Waals surface area contributed by atoms with E-state index >= 15 is 0 Å². The Bertz CT molecular complexity index is 2160. The highest BCUT2D eigenvalue weighted by Gasteiger charge is 2.39. The number of halogens is 1. The average molecular weight is 859 g/mol. The zero-order valence-electron chi connectivity index (χ0n) is 30.9. The molecule has 3 N–H and O–H groups in total. The van der Waals surface area contributed by atoms with E-state index in [0.717, 1.165) is 80.0 Å². The molecule has 1 fully saturated rings. The molecule has 13 heteroatoms. The summed E-state index contributed by atoms with van der Waals surface area (Å²) in [6.45, 7) is 4.27. The minimum atomic E-state index is -0.610. The van der Waals surface area contributed by atoms with Gasteiger partial charge in [0.1, 0.15) is 23.3 Å². The van der Waals surface area contributed by atoms with Crippen LogP contribution in [0, 0.1) is 0 Å². The number of phenols is 1. The standard InChI is InChI=1S/C43H44BrN3O8S.CH4/c44-30-7-5-28(6-8-30)41-40(36-16-10-32(48)26-38(36)56-41)55-34-13-11-33(12-14-34)54-24-2-1-20-52-22-4-23-53-21-3-19-45-31-9-15-35-29(25-31)27-47(43(35)51)37-17-18-39(49)46-42(37)50;/h5-16,25-26,37,45,48H,1-4,17-24,27H2,(H,46,49,50);1H4. The van der Waals surface area contributed by atoms with Crippen LogP contribution in [0.3, 0.4) is 0 Å². The molecule has 0 bridgehead atoms. The first kappa shape index (κ1) is 41.7. The summed E-state index contributed by atoms with van der Waals surface area (Å²) in [4.78, 5) is 39.2. The second-order valence-corrected chi connectivity index (χ2v) is 15.7. The topological polar surface area (TPSA) is 136 Å². The number of hydrogen-bond donors (Lipinski definition) is 3. The van der Waals surface area contributed by atoms with Crippen molar-refractivity contribution < 1.29 is 38.4 Å². The molecule has 57 heavy (non-hydrogen) atoms. The number of ether oxygens (including phenoxy) is 4. The third-order valence-electron chi connectivity index (χ3n) is 9.63. The Morgan fingerprint density at radius 1 is 0.825 bits per heavy atom. The lowest BCUT2D eigenvalue weighted by Gasteiger charge is -2.29. The van der Waals surface area contributed by atoms with Crippen molar-refractivity contribution >= 4 is 60.8 Å². The van der Waals surface area contributed by atoms with Crippen molar-refractivity contribution in [3.63, 3.8) is 0 Å². The molecule has 1 unspecified atom stereocenters. The second kappa shape index (κ2) is 20.0. The Balaban J connectivity index is 0.00000549. The van der Waals surface area contributed by atoms with Gasteiger partial charge in [0, 0.05) is 71.7 Å². The molecule has 2 aliphatic heterocycles. The summed E-state index contributed by atoms with van der Waals surface area (Å²) in [5.41, 5.74) is 3.44. The molecule has 0 aliphatic carbocycles. The van der Waals surface area contributed by atoms with Gasteiger partial charge in [0.2, 0.25) is 11.8 Å². The Morgan fingerprint density at radius 2 is 1.54 bits per heavy atom. The number of carbonyl (C=O) groups is 3. The third-order valence-corrected chi connectivity index (χ3v) is 11.3. The highest BCUT2D eigenvalue weighted by Crippen LogP contribution is 2.47. The molecule has 3 amide bonds.